The van der Waals surface area contributed by atoms with Crippen molar-refractivity contribution in [3.05, 3.63) is 18.0 Å². The molecular weight excluding hydrogens is 168 g/mol. The average Bonchev–Trinajstić information content (AvgIpc) is 2.03. The Morgan fingerprint density at radius 1 is 1.31 bits per heavy atom. The summed E-state index contributed by atoms with van der Waals surface area (Å²) in [5.41, 5.74) is 0.129. The largest absolute Gasteiger partial charge is 0.458 e. The fourth-order valence-electron chi connectivity index (χ4n) is 0.714. The lowest BCUT2D eigenvalue weighted by atomic mass is 10.2. The van der Waals surface area contributed by atoms with Gasteiger partial charge in [0.15, 0.2) is 6.29 Å². The number of carbonyl (C=O) groups excluding carboxylic acids is 1. The number of ether oxygens (including phenoxy) is 1. The number of rotatable bonds is 2. The number of aldehydes is 1. The maximum absolute atomic E-state index is 10.3. The Labute approximate surface area is 77.0 Å². The van der Waals surface area contributed by atoms with Crippen molar-refractivity contribution < 1.29 is 9.53 Å². The minimum absolute atomic E-state index is 0.290. The third-order valence-corrected chi connectivity index (χ3v) is 1.18. The SMILES string of the molecule is CC(C)(C)Oc1ncc(C=O)cn1. The molecule has 0 N–H and O–H groups in total. The molecule has 0 fully saturated rings. The lowest BCUT2D eigenvalue weighted by molar-refractivity contribution is 0.111. The van der Waals surface area contributed by atoms with Crippen molar-refractivity contribution in [1.29, 1.82) is 0 Å². The van der Waals surface area contributed by atoms with E-state index in [1.165, 1.54) is 12.4 Å². The van der Waals surface area contributed by atoms with Crippen LogP contribution >= 0.6 is 0 Å². The zero-order valence-corrected chi connectivity index (χ0v) is 7.94. The van der Waals surface area contributed by atoms with Crippen molar-refractivity contribution >= 4 is 6.29 Å². The molecule has 0 saturated carbocycles. The molecule has 0 aliphatic rings. The van der Waals surface area contributed by atoms with Crippen LogP contribution in [0, 0.1) is 0 Å². The predicted molar refractivity (Wildman–Crippen MR) is 47.8 cm³/mol. The first-order valence-electron chi connectivity index (χ1n) is 3.97. The summed E-state index contributed by atoms with van der Waals surface area (Å²) in [7, 11) is 0. The van der Waals surface area contributed by atoms with Crippen LogP contribution in [0.2, 0.25) is 0 Å². The molecule has 0 aromatic carbocycles. The number of aromatic nitrogens is 2. The van der Waals surface area contributed by atoms with Crippen LogP contribution in [-0.4, -0.2) is 21.9 Å². The summed E-state index contributed by atoms with van der Waals surface area (Å²) in [6, 6.07) is 0.290. The maximum atomic E-state index is 10.3. The van der Waals surface area contributed by atoms with Crippen molar-refractivity contribution in [3.8, 4) is 6.01 Å². The Kier molecular flexibility index (Phi) is 2.60. The molecule has 0 aliphatic heterocycles. The highest BCUT2D eigenvalue weighted by atomic mass is 16.5. The van der Waals surface area contributed by atoms with Crippen molar-refractivity contribution in [1.82, 2.24) is 9.97 Å². The fourth-order valence-corrected chi connectivity index (χ4v) is 0.714. The summed E-state index contributed by atoms with van der Waals surface area (Å²) in [6.07, 6.45) is 3.56. The number of carbonyl (C=O) groups is 1. The minimum atomic E-state index is -0.317. The Morgan fingerprint density at radius 2 is 1.85 bits per heavy atom. The normalized spacial score (nSPS) is 11.0. The zero-order valence-electron chi connectivity index (χ0n) is 7.94. The topological polar surface area (TPSA) is 52.1 Å². The van der Waals surface area contributed by atoms with E-state index in [9.17, 15) is 4.79 Å². The molecule has 0 aliphatic carbocycles. The van der Waals surface area contributed by atoms with Crippen molar-refractivity contribution in [3.63, 3.8) is 0 Å². The standard InChI is InChI=1S/C9H12N2O2/c1-9(2,3)13-8-10-4-7(6-12)5-11-8/h4-6H,1-3H3. The molecule has 1 rings (SSSR count). The molecule has 4 heteroatoms. The first kappa shape index (κ1) is 9.64. The van der Waals surface area contributed by atoms with E-state index < -0.39 is 0 Å². The van der Waals surface area contributed by atoms with Crippen molar-refractivity contribution in [2.24, 2.45) is 0 Å². The third kappa shape index (κ3) is 3.19. The van der Waals surface area contributed by atoms with Crippen LogP contribution in [0.1, 0.15) is 31.1 Å². The van der Waals surface area contributed by atoms with Crippen LogP contribution < -0.4 is 4.74 Å². The van der Waals surface area contributed by atoms with Gasteiger partial charge in [-0.2, -0.15) is 0 Å². The van der Waals surface area contributed by atoms with Crippen LogP contribution in [0.5, 0.6) is 6.01 Å². The van der Waals surface area contributed by atoms with Gasteiger partial charge in [0, 0.05) is 12.4 Å². The van der Waals surface area contributed by atoms with Gasteiger partial charge in [-0.3, -0.25) is 4.79 Å². The van der Waals surface area contributed by atoms with Crippen molar-refractivity contribution in [2.75, 3.05) is 0 Å². The highest BCUT2D eigenvalue weighted by Crippen LogP contribution is 2.11. The van der Waals surface area contributed by atoms with Gasteiger partial charge in [-0.1, -0.05) is 0 Å². The van der Waals surface area contributed by atoms with Gasteiger partial charge in [0.1, 0.15) is 5.60 Å². The van der Waals surface area contributed by atoms with E-state index >= 15 is 0 Å². The van der Waals surface area contributed by atoms with Gasteiger partial charge >= 0.3 is 6.01 Å². The Balaban J connectivity index is 2.75. The monoisotopic (exact) mass is 180 g/mol. The molecule has 13 heavy (non-hydrogen) atoms. The predicted octanol–water partition coefficient (Wildman–Crippen LogP) is 1.47. The summed E-state index contributed by atoms with van der Waals surface area (Å²) in [6.45, 7) is 5.72. The lowest BCUT2D eigenvalue weighted by Gasteiger charge is -2.18. The number of hydrogen-bond acceptors (Lipinski definition) is 4. The molecule has 0 atom stereocenters. The maximum Gasteiger partial charge on any atom is 0.316 e. The Morgan fingerprint density at radius 3 is 2.23 bits per heavy atom. The van der Waals surface area contributed by atoms with E-state index in [0.29, 0.717) is 11.8 Å². The molecule has 0 spiro atoms. The molecule has 0 unspecified atom stereocenters. The van der Waals surface area contributed by atoms with Crippen LogP contribution in [0.25, 0.3) is 0 Å². The first-order valence-corrected chi connectivity index (χ1v) is 3.97. The van der Waals surface area contributed by atoms with Gasteiger partial charge in [-0.05, 0) is 20.8 Å². The average molecular weight is 180 g/mol. The first-order chi connectivity index (χ1) is 6.01. The van der Waals surface area contributed by atoms with E-state index in [1.807, 2.05) is 20.8 Å². The smallest absolute Gasteiger partial charge is 0.316 e. The Bertz CT molecular complexity index is 287. The van der Waals surface area contributed by atoms with E-state index in [1.54, 1.807) is 0 Å². The summed E-state index contributed by atoms with van der Waals surface area (Å²) in [4.78, 5) is 18.0. The van der Waals surface area contributed by atoms with Crippen LogP contribution in [0.3, 0.4) is 0 Å². The molecule has 0 radical (unpaired) electrons. The molecule has 0 saturated heterocycles. The molecule has 1 aromatic rings. The molecule has 1 heterocycles. The van der Waals surface area contributed by atoms with E-state index in [2.05, 4.69) is 9.97 Å². The van der Waals surface area contributed by atoms with E-state index in [4.69, 9.17) is 4.74 Å². The van der Waals surface area contributed by atoms with Crippen molar-refractivity contribution in [2.45, 2.75) is 26.4 Å². The van der Waals surface area contributed by atoms with Gasteiger partial charge in [0.2, 0.25) is 0 Å². The number of nitrogens with zero attached hydrogens (tertiary/aromatic N) is 2. The second kappa shape index (κ2) is 3.51. The molecular formula is C9H12N2O2. The quantitative estimate of drug-likeness (QED) is 0.646. The van der Waals surface area contributed by atoms with Gasteiger partial charge in [0.25, 0.3) is 0 Å². The zero-order chi connectivity index (χ0) is 9.90. The molecule has 0 amide bonds. The molecule has 4 nitrogen and oxygen atoms in total. The summed E-state index contributed by atoms with van der Waals surface area (Å²) >= 11 is 0. The van der Waals surface area contributed by atoms with Crippen LogP contribution in [-0.2, 0) is 0 Å². The van der Waals surface area contributed by atoms with Crippen LogP contribution in [0.15, 0.2) is 12.4 Å². The second-order valence-electron chi connectivity index (χ2n) is 3.63. The summed E-state index contributed by atoms with van der Waals surface area (Å²) < 4.78 is 5.36. The van der Waals surface area contributed by atoms with Gasteiger partial charge in [-0.25, -0.2) is 9.97 Å². The third-order valence-electron chi connectivity index (χ3n) is 1.18. The van der Waals surface area contributed by atoms with Gasteiger partial charge in [0.05, 0.1) is 5.56 Å². The number of hydrogen-bond donors (Lipinski definition) is 0. The highest BCUT2D eigenvalue weighted by Gasteiger charge is 2.13. The van der Waals surface area contributed by atoms with Gasteiger partial charge < -0.3 is 4.74 Å². The van der Waals surface area contributed by atoms with E-state index in [0.717, 1.165) is 0 Å². The summed E-state index contributed by atoms with van der Waals surface area (Å²) in [5.74, 6) is 0. The molecule has 1 aromatic heterocycles. The Hall–Kier alpha value is -1.45. The second-order valence-corrected chi connectivity index (χ2v) is 3.63. The molecule has 0 bridgehead atoms. The molecule has 70 valence electrons. The van der Waals surface area contributed by atoms with Crippen LogP contribution in [0.4, 0.5) is 0 Å². The van der Waals surface area contributed by atoms with E-state index in [-0.39, 0.29) is 11.6 Å². The fraction of sp³-hybridized carbons (Fsp3) is 0.444. The lowest BCUT2D eigenvalue weighted by Crippen LogP contribution is -2.24. The highest BCUT2D eigenvalue weighted by molar-refractivity contribution is 5.73. The summed E-state index contributed by atoms with van der Waals surface area (Å²) in [5, 5.41) is 0. The van der Waals surface area contributed by atoms with Gasteiger partial charge in [-0.15, -0.1) is 0 Å². The minimum Gasteiger partial charge on any atom is -0.458 e.